The maximum Gasteiger partial charge on any atom is 0.212 e. The predicted molar refractivity (Wildman–Crippen MR) is 66.5 cm³/mol. The predicted octanol–water partition coefficient (Wildman–Crippen LogP) is 1.66. The lowest BCUT2D eigenvalue weighted by Gasteiger charge is -2.14. The van der Waals surface area contributed by atoms with Gasteiger partial charge in [0.15, 0.2) is 0 Å². The van der Waals surface area contributed by atoms with Crippen molar-refractivity contribution < 1.29 is 8.42 Å². The Balaban J connectivity index is 2.72. The molecule has 16 heavy (non-hydrogen) atoms. The highest BCUT2D eigenvalue weighted by Crippen LogP contribution is 2.15. The van der Waals surface area contributed by atoms with Crippen LogP contribution in [0.1, 0.15) is 31.9 Å². The van der Waals surface area contributed by atoms with E-state index in [1.54, 1.807) is 12.1 Å². The molecule has 5 heteroatoms. The van der Waals surface area contributed by atoms with Crippen LogP contribution < -0.4 is 10.5 Å². The fourth-order valence-corrected chi connectivity index (χ4v) is 2.78. The quantitative estimate of drug-likeness (QED) is 0.771. The van der Waals surface area contributed by atoms with Gasteiger partial charge in [-0.1, -0.05) is 19.1 Å². The largest absolute Gasteiger partial charge is 0.399 e. The number of benzene rings is 1. The van der Waals surface area contributed by atoms with Crippen LogP contribution in [0.5, 0.6) is 0 Å². The van der Waals surface area contributed by atoms with Crippen LogP contribution in [0.2, 0.25) is 0 Å². The molecule has 3 N–H and O–H groups in total. The van der Waals surface area contributed by atoms with Crippen molar-refractivity contribution in [2.45, 2.75) is 26.3 Å². The summed E-state index contributed by atoms with van der Waals surface area (Å²) in [6.07, 6.45) is 0.615. The van der Waals surface area contributed by atoms with E-state index in [9.17, 15) is 8.42 Å². The van der Waals surface area contributed by atoms with E-state index in [0.29, 0.717) is 12.1 Å². The summed E-state index contributed by atoms with van der Waals surface area (Å²) in [4.78, 5) is 0. The molecule has 0 aliphatic carbocycles. The topological polar surface area (TPSA) is 72.2 Å². The molecule has 0 saturated heterocycles. The summed E-state index contributed by atoms with van der Waals surface area (Å²) in [5, 5.41) is 0. The second-order valence-electron chi connectivity index (χ2n) is 3.83. The number of nitrogens with one attached hydrogen (secondary N) is 1. The number of nitrogens with two attached hydrogens (primary N) is 1. The smallest absolute Gasteiger partial charge is 0.212 e. The Morgan fingerprint density at radius 2 is 1.88 bits per heavy atom. The molecule has 4 nitrogen and oxygen atoms in total. The molecule has 0 aliphatic rings. The third-order valence-corrected chi connectivity index (χ3v) is 3.92. The van der Waals surface area contributed by atoms with Gasteiger partial charge < -0.3 is 5.73 Å². The Bertz CT molecular complexity index is 426. The van der Waals surface area contributed by atoms with Crippen molar-refractivity contribution in [3.8, 4) is 0 Å². The Morgan fingerprint density at radius 3 is 2.38 bits per heavy atom. The fourth-order valence-electron chi connectivity index (χ4n) is 1.45. The fraction of sp³-hybridized carbons (Fsp3) is 0.455. The summed E-state index contributed by atoms with van der Waals surface area (Å²) in [7, 11) is -3.17. The van der Waals surface area contributed by atoms with Gasteiger partial charge in [0.25, 0.3) is 0 Å². The van der Waals surface area contributed by atoms with Gasteiger partial charge in [0.1, 0.15) is 0 Å². The molecule has 0 bridgehead atoms. The molecule has 0 heterocycles. The Labute approximate surface area is 96.9 Å². The highest BCUT2D eigenvalue weighted by Gasteiger charge is 2.14. The lowest BCUT2D eigenvalue weighted by Crippen LogP contribution is -2.28. The zero-order valence-corrected chi connectivity index (χ0v) is 10.4. The highest BCUT2D eigenvalue weighted by molar-refractivity contribution is 7.89. The van der Waals surface area contributed by atoms with Gasteiger partial charge in [0, 0.05) is 11.7 Å². The van der Waals surface area contributed by atoms with E-state index in [1.165, 1.54) is 0 Å². The maximum absolute atomic E-state index is 11.5. The highest BCUT2D eigenvalue weighted by atomic mass is 32.2. The summed E-state index contributed by atoms with van der Waals surface area (Å²) >= 11 is 0. The standard InChI is InChI=1S/C11H18N2O2S/c1-3-8-16(14,15)13-9(2)10-4-6-11(12)7-5-10/h4-7,9,13H,3,8,12H2,1-2H3. The third-order valence-electron chi connectivity index (χ3n) is 2.27. The lowest BCUT2D eigenvalue weighted by molar-refractivity contribution is 0.565. The summed E-state index contributed by atoms with van der Waals surface area (Å²) < 4.78 is 25.7. The molecular weight excluding hydrogens is 224 g/mol. The Hall–Kier alpha value is -1.07. The Kier molecular flexibility index (Phi) is 4.32. The van der Waals surface area contributed by atoms with Crippen LogP contribution in [-0.2, 0) is 10.0 Å². The minimum absolute atomic E-state index is 0.159. The zero-order valence-electron chi connectivity index (χ0n) is 9.60. The van der Waals surface area contributed by atoms with Crippen molar-refractivity contribution in [1.29, 1.82) is 0 Å². The lowest BCUT2D eigenvalue weighted by atomic mass is 10.1. The van der Waals surface area contributed by atoms with Crippen LogP contribution in [0.25, 0.3) is 0 Å². The van der Waals surface area contributed by atoms with Gasteiger partial charge in [-0.3, -0.25) is 0 Å². The number of nitrogen functional groups attached to an aromatic ring is 1. The number of hydrogen-bond donors (Lipinski definition) is 2. The van der Waals surface area contributed by atoms with E-state index < -0.39 is 10.0 Å². The van der Waals surface area contributed by atoms with Gasteiger partial charge in [0.05, 0.1) is 5.75 Å². The molecule has 90 valence electrons. The molecule has 0 aliphatic heterocycles. The first-order valence-corrected chi connectivity index (χ1v) is 6.95. The molecule has 0 amide bonds. The van der Waals surface area contributed by atoms with Crippen molar-refractivity contribution in [1.82, 2.24) is 4.72 Å². The van der Waals surface area contributed by atoms with Crippen LogP contribution in [-0.4, -0.2) is 14.2 Å². The van der Waals surface area contributed by atoms with E-state index >= 15 is 0 Å². The van der Waals surface area contributed by atoms with Crippen LogP contribution in [0, 0.1) is 0 Å². The molecule has 0 fully saturated rings. The summed E-state index contributed by atoms with van der Waals surface area (Å²) in [6, 6.07) is 6.96. The first-order valence-electron chi connectivity index (χ1n) is 5.30. The second kappa shape index (κ2) is 5.32. The van der Waals surface area contributed by atoms with Gasteiger partial charge in [-0.15, -0.1) is 0 Å². The monoisotopic (exact) mass is 242 g/mol. The molecule has 0 spiro atoms. The van der Waals surface area contributed by atoms with Gasteiger partial charge in [-0.2, -0.15) is 0 Å². The molecule has 1 rings (SSSR count). The van der Waals surface area contributed by atoms with Crippen LogP contribution in [0.4, 0.5) is 5.69 Å². The normalized spacial score (nSPS) is 13.6. The van der Waals surface area contributed by atoms with E-state index in [2.05, 4.69) is 4.72 Å². The SMILES string of the molecule is CCCS(=O)(=O)NC(C)c1ccc(N)cc1. The molecule has 1 aromatic carbocycles. The molecule has 1 atom stereocenters. The van der Waals surface area contributed by atoms with Gasteiger partial charge in [-0.05, 0) is 31.0 Å². The van der Waals surface area contributed by atoms with Crippen molar-refractivity contribution in [2.24, 2.45) is 0 Å². The molecule has 0 saturated carbocycles. The number of rotatable bonds is 5. The van der Waals surface area contributed by atoms with E-state index in [-0.39, 0.29) is 11.8 Å². The average molecular weight is 242 g/mol. The van der Waals surface area contributed by atoms with Gasteiger partial charge >= 0.3 is 0 Å². The molecule has 0 radical (unpaired) electrons. The first kappa shape index (κ1) is 13.0. The average Bonchev–Trinajstić information content (AvgIpc) is 2.17. The zero-order chi connectivity index (χ0) is 12.2. The van der Waals surface area contributed by atoms with Crippen molar-refractivity contribution in [3.63, 3.8) is 0 Å². The summed E-state index contributed by atoms with van der Waals surface area (Å²) in [5.41, 5.74) is 7.15. The summed E-state index contributed by atoms with van der Waals surface area (Å²) in [5.74, 6) is 0.159. The minimum Gasteiger partial charge on any atom is -0.399 e. The second-order valence-corrected chi connectivity index (χ2v) is 5.70. The molecular formula is C11H18N2O2S. The van der Waals surface area contributed by atoms with E-state index in [0.717, 1.165) is 5.56 Å². The van der Waals surface area contributed by atoms with E-state index in [4.69, 9.17) is 5.73 Å². The number of anilines is 1. The van der Waals surface area contributed by atoms with Crippen molar-refractivity contribution in [3.05, 3.63) is 29.8 Å². The van der Waals surface area contributed by atoms with Crippen LogP contribution >= 0.6 is 0 Å². The molecule has 1 aromatic rings. The number of sulfonamides is 1. The van der Waals surface area contributed by atoms with Crippen LogP contribution in [0.15, 0.2) is 24.3 Å². The number of hydrogen-bond acceptors (Lipinski definition) is 3. The van der Waals surface area contributed by atoms with E-state index in [1.807, 2.05) is 26.0 Å². The third kappa shape index (κ3) is 3.83. The van der Waals surface area contributed by atoms with Crippen molar-refractivity contribution >= 4 is 15.7 Å². The first-order chi connectivity index (χ1) is 7.44. The van der Waals surface area contributed by atoms with Crippen molar-refractivity contribution in [2.75, 3.05) is 11.5 Å². The molecule has 1 unspecified atom stereocenters. The van der Waals surface area contributed by atoms with Gasteiger partial charge in [0.2, 0.25) is 10.0 Å². The van der Waals surface area contributed by atoms with Gasteiger partial charge in [-0.25, -0.2) is 13.1 Å². The summed E-state index contributed by atoms with van der Waals surface area (Å²) in [6.45, 7) is 3.66. The Morgan fingerprint density at radius 1 is 1.31 bits per heavy atom. The minimum atomic E-state index is -3.17. The maximum atomic E-state index is 11.5. The van der Waals surface area contributed by atoms with Crippen LogP contribution in [0.3, 0.4) is 0 Å². The molecule has 0 aromatic heterocycles.